The maximum Gasteiger partial charge on any atom is 0.246 e. The highest BCUT2D eigenvalue weighted by Crippen LogP contribution is 2.22. The Bertz CT molecular complexity index is 559. The zero-order chi connectivity index (χ0) is 14.2. The number of hydrogen-bond acceptors (Lipinski definition) is 5. The van der Waals surface area contributed by atoms with Crippen LogP contribution in [0, 0.1) is 0 Å². The van der Waals surface area contributed by atoms with E-state index in [0.717, 1.165) is 19.6 Å². The van der Waals surface area contributed by atoms with Crippen LogP contribution in [0.5, 0.6) is 0 Å². The van der Waals surface area contributed by atoms with E-state index in [2.05, 4.69) is 10.4 Å². The van der Waals surface area contributed by atoms with Gasteiger partial charge in [-0.2, -0.15) is 9.40 Å². The molecule has 0 aromatic carbocycles. The van der Waals surface area contributed by atoms with Crippen molar-refractivity contribution < 1.29 is 13.2 Å². The second-order valence-corrected chi connectivity index (χ2v) is 7.22. The molecule has 0 saturated carbocycles. The van der Waals surface area contributed by atoms with Crippen LogP contribution >= 0.6 is 0 Å². The summed E-state index contributed by atoms with van der Waals surface area (Å²) in [6, 6.07) is 0.602. The van der Waals surface area contributed by atoms with Crippen LogP contribution in [-0.2, 0) is 21.3 Å². The maximum absolute atomic E-state index is 12.3. The summed E-state index contributed by atoms with van der Waals surface area (Å²) in [5.74, 6) is 0. The number of aromatic nitrogens is 2. The van der Waals surface area contributed by atoms with Crippen molar-refractivity contribution in [1.82, 2.24) is 19.4 Å². The summed E-state index contributed by atoms with van der Waals surface area (Å²) < 4.78 is 33.1. The van der Waals surface area contributed by atoms with E-state index in [1.54, 1.807) is 10.9 Å². The standard InChI is InChI=1S/C12H20N4O3S/c1-2-15-8-12(5-13-15)20(17,18)16-6-11(7-16)14-10-3-4-19-9-10/h5,8,10-11,14H,2-4,6-7,9H2,1H3. The van der Waals surface area contributed by atoms with E-state index in [9.17, 15) is 8.42 Å². The minimum atomic E-state index is -3.38. The molecule has 0 amide bonds. The number of sulfonamides is 1. The van der Waals surface area contributed by atoms with Crippen molar-refractivity contribution in [2.75, 3.05) is 26.3 Å². The first kappa shape index (κ1) is 14.0. The molecule has 0 radical (unpaired) electrons. The van der Waals surface area contributed by atoms with Crippen LogP contribution < -0.4 is 5.32 Å². The monoisotopic (exact) mass is 300 g/mol. The average Bonchev–Trinajstić information content (AvgIpc) is 3.04. The second-order valence-electron chi connectivity index (χ2n) is 5.28. The number of ether oxygens (including phenoxy) is 1. The summed E-state index contributed by atoms with van der Waals surface area (Å²) in [6.45, 7) is 5.17. The molecule has 20 heavy (non-hydrogen) atoms. The average molecular weight is 300 g/mol. The molecule has 8 heteroatoms. The number of nitrogens with zero attached hydrogens (tertiary/aromatic N) is 3. The van der Waals surface area contributed by atoms with Crippen molar-refractivity contribution in [3.8, 4) is 0 Å². The van der Waals surface area contributed by atoms with Gasteiger partial charge in [-0.1, -0.05) is 0 Å². The fourth-order valence-electron chi connectivity index (χ4n) is 2.54. The highest BCUT2D eigenvalue weighted by Gasteiger charge is 2.38. The molecular weight excluding hydrogens is 280 g/mol. The summed E-state index contributed by atoms with van der Waals surface area (Å²) >= 11 is 0. The van der Waals surface area contributed by atoms with Crippen molar-refractivity contribution in [1.29, 1.82) is 0 Å². The van der Waals surface area contributed by atoms with Crippen molar-refractivity contribution in [2.45, 2.75) is 36.9 Å². The SMILES string of the molecule is CCn1cc(S(=O)(=O)N2CC(NC3CCOC3)C2)cn1. The Morgan fingerprint density at radius 2 is 2.25 bits per heavy atom. The molecule has 7 nitrogen and oxygen atoms in total. The molecule has 1 aromatic rings. The fourth-order valence-corrected chi connectivity index (χ4v) is 4.02. The van der Waals surface area contributed by atoms with Crippen LogP contribution in [0.15, 0.2) is 17.3 Å². The van der Waals surface area contributed by atoms with Gasteiger partial charge in [0.15, 0.2) is 0 Å². The van der Waals surface area contributed by atoms with Gasteiger partial charge in [-0.25, -0.2) is 8.42 Å². The van der Waals surface area contributed by atoms with Gasteiger partial charge >= 0.3 is 0 Å². The normalized spacial score (nSPS) is 24.9. The van der Waals surface area contributed by atoms with Crippen LogP contribution in [-0.4, -0.2) is 60.9 Å². The van der Waals surface area contributed by atoms with Gasteiger partial charge < -0.3 is 10.1 Å². The van der Waals surface area contributed by atoms with Gasteiger partial charge in [0, 0.05) is 44.5 Å². The van der Waals surface area contributed by atoms with Gasteiger partial charge in [-0.05, 0) is 13.3 Å². The lowest BCUT2D eigenvalue weighted by Gasteiger charge is -2.39. The summed E-state index contributed by atoms with van der Waals surface area (Å²) in [6.07, 6.45) is 4.01. The molecule has 2 fully saturated rings. The van der Waals surface area contributed by atoms with Crippen LogP contribution in [0.2, 0.25) is 0 Å². The van der Waals surface area contributed by atoms with Gasteiger partial charge in [0.1, 0.15) is 4.90 Å². The number of rotatable bonds is 5. The van der Waals surface area contributed by atoms with Crippen molar-refractivity contribution in [2.24, 2.45) is 0 Å². The number of aryl methyl sites for hydroxylation is 1. The van der Waals surface area contributed by atoms with Crippen LogP contribution in [0.3, 0.4) is 0 Å². The topological polar surface area (TPSA) is 76.5 Å². The summed E-state index contributed by atoms with van der Waals surface area (Å²) in [5, 5.41) is 7.46. The minimum absolute atomic E-state index is 0.234. The van der Waals surface area contributed by atoms with Crippen molar-refractivity contribution in [3.05, 3.63) is 12.4 Å². The van der Waals surface area contributed by atoms with E-state index < -0.39 is 10.0 Å². The predicted octanol–water partition coefficient (Wildman–Crippen LogP) is -0.346. The Kier molecular flexibility index (Phi) is 3.80. The first-order valence-corrected chi connectivity index (χ1v) is 8.40. The van der Waals surface area contributed by atoms with E-state index in [1.807, 2.05) is 6.92 Å². The molecule has 0 bridgehead atoms. The first-order chi connectivity index (χ1) is 9.59. The number of hydrogen-bond donors (Lipinski definition) is 1. The van der Waals surface area contributed by atoms with Gasteiger partial charge in [0.05, 0.1) is 12.8 Å². The van der Waals surface area contributed by atoms with Gasteiger partial charge in [-0.15, -0.1) is 0 Å². The van der Waals surface area contributed by atoms with Gasteiger partial charge in [0.2, 0.25) is 10.0 Å². The second kappa shape index (κ2) is 5.44. The Morgan fingerprint density at radius 3 is 2.85 bits per heavy atom. The quantitative estimate of drug-likeness (QED) is 0.805. The van der Waals surface area contributed by atoms with Crippen LogP contribution in [0.4, 0.5) is 0 Å². The third kappa shape index (κ3) is 2.60. The molecule has 0 aliphatic carbocycles. The van der Waals surface area contributed by atoms with Crippen LogP contribution in [0.1, 0.15) is 13.3 Å². The Balaban J connectivity index is 1.57. The lowest BCUT2D eigenvalue weighted by molar-refractivity contribution is 0.172. The highest BCUT2D eigenvalue weighted by atomic mass is 32.2. The molecule has 1 aromatic heterocycles. The van der Waals surface area contributed by atoms with Crippen molar-refractivity contribution >= 4 is 10.0 Å². The first-order valence-electron chi connectivity index (χ1n) is 6.96. The lowest BCUT2D eigenvalue weighted by atomic mass is 10.1. The maximum atomic E-state index is 12.3. The van der Waals surface area contributed by atoms with Crippen LogP contribution in [0.25, 0.3) is 0 Å². The van der Waals surface area contributed by atoms with E-state index in [-0.39, 0.29) is 10.9 Å². The molecule has 3 heterocycles. The third-order valence-corrected chi connectivity index (χ3v) is 5.60. The van der Waals surface area contributed by atoms with E-state index in [0.29, 0.717) is 25.7 Å². The molecule has 1 N–H and O–H groups in total. The Morgan fingerprint density at radius 1 is 1.45 bits per heavy atom. The molecule has 2 saturated heterocycles. The van der Waals surface area contributed by atoms with E-state index >= 15 is 0 Å². The van der Waals surface area contributed by atoms with Gasteiger partial charge in [0.25, 0.3) is 0 Å². The number of nitrogens with one attached hydrogen (secondary N) is 1. The Labute approximate surface area is 118 Å². The predicted molar refractivity (Wildman–Crippen MR) is 72.8 cm³/mol. The molecule has 3 rings (SSSR count). The summed E-state index contributed by atoms with van der Waals surface area (Å²) in [7, 11) is -3.38. The van der Waals surface area contributed by atoms with E-state index in [1.165, 1.54) is 10.5 Å². The Hall–Kier alpha value is -0.960. The van der Waals surface area contributed by atoms with Gasteiger partial charge in [-0.3, -0.25) is 4.68 Å². The molecule has 0 spiro atoms. The largest absolute Gasteiger partial charge is 0.380 e. The third-order valence-electron chi connectivity index (χ3n) is 3.82. The molecule has 2 aliphatic rings. The summed E-state index contributed by atoms with van der Waals surface area (Å²) in [5.41, 5.74) is 0. The van der Waals surface area contributed by atoms with E-state index in [4.69, 9.17) is 4.74 Å². The zero-order valence-corrected chi connectivity index (χ0v) is 12.3. The highest BCUT2D eigenvalue weighted by molar-refractivity contribution is 7.89. The molecule has 1 atom stereocenters. The smallest absolute Gasteiger partial charge is 0.246 e. The lowest BCUT2D eigenvalue weighted by Crippen LogP contribution is -2.61. The molecule has 1 unspecified atom stereocenters. The zero-order valence-electron chi connectivity index (χ0n) is 11.5. The summed E-state index contributed by atoms with van der Waals surface area (Å²) in [4.78, 5) is 0.280. The minimum Gasteiger partial charge on any atom is -0.380 e. The molecule has 112 valence electrons. The fraction of sp³-hybridized carbons (Fsp3) is 0.750. The molecule has 2 aliphatic heterocycles. The molecular formula is C12H20N4O3S. The van der Waals surface area contributed by atoms with Crippen molar-refractivity contribution in [3.63, 3.8) is 0 Å².